The molecule has 1 atom stereocenters. The van der Waals surface area contributed by atoms with Crippen LogP contribution in [0, 0.1) is 6.92 Å². The molecule has 1 saturated heterocycles. The Labute approximate surface area is 105 Å². The highest BCUT2D eigenvalue weighted by Crippen LogP contribution is 2.27. The second-order valence-corrected chi connectivity index (χ2v) is 4.41. The van der Waals surface area contributed by atoms with Crippen LogP contribution in [0.1, 0.15) is 22.3 Å². The van der Waals surface area contributed by atoms with E-state index in [1.807, 2.05) is 0 Å². The summed E-state index contributed by atoms with van der Waals surface area (Å²) in [5.74, 6) is -0.860. The molecule has 1 aromatic carbocycles. The highest BCUT2D eigenvalue weighted by Gasteiger charge is 2.32. The first-order chi connectivity index (χ1) is 8.50. The molecule has 0 saturated carbocycles. The molecule has 1 unspecified atom stereocenters. The minimum atomic E-state index is -1.05. The molecule has 5 heteroatoms. The van der Waals surface area contributed by atoms with Gasteiger partial charge in [0.15, 0.2) is 6.10 Å². The van der Waals surface area contributed by atoms with Gasteiger partial charge in [-0.25, -0.2) is 4.79 Å². The molecular formula is C13H15NO4. The molecule has 18 heavy (non-hydrogen) atoms. The van der Waals surface area contributed by atoms with E-state index >= 15 is 0 Å². The number of hydrogen-bond donors (Lipinski definition) is 1. The number of benzene rings is 1. The lowest BCUT2D eigenvalue weighted by atomic mass is 10.1. The van der Waals surface area contributed by atoms with Crippen molar-refractivity contribution in [2.75, 3.05) is 13.6 Å². The van der Waals surface area contributed by atoms with Gasteiger partial charge in [-0.05, 0) is 18.6 Å². The fourth-order valence-corrected chi connectivity index (χ4v) is 2.02. The Morgan fingerprint density at radius 2 is 2.22 bits per heavy atom. The molecule has 1 aromatic rings. The first-order valence-corrected chi connectivity index (χ1v) is 5.75. The largest absolute Gasteiger partial charge is 0.479 e. The number of hydrogen-bond acceptors (Lipinski definition) is 3. The highest BCUT2D eigenvalue weighted by molar-refractivity contribution is 5.92. The number of carbonyl (C=O) groups is 2. The van der Waals surface area contributed by atoms with Crippen LogP contribution < -0.4 is 4.74 Å². The van der Waals surface area contributed by atoms with Crippen molar-refractivity contribution >= 4 is 11.9 Å². The van der Waals surface area contributed by atoms with Crippen molar-refractivity contribution in [2.45, 2.75) is 19.4 Å². The van der Waals surface area contributed by atoms with Crippen molar-refractivity contribution in [3.8, 4) is 5.75 Å². The van der Waals surface area contributed by atoms with Gasteiger partial charge < -0.3 is 14.7 Å². The summed E-state index contributed by atoms with van der Waals surface area (Å²) in [6.45, 7) is 2.41. The van der Waals surface area contributed by atoms with E-state index < -0.39 is 12.1 Å². The van der Waals surface area contributed by atoms with Crippen LogP contribution >= 0.6 is 0 Å². The molecular weight excluding hydrogens is 234 g/mol. The van der Waals surface area contributed by atoms with Crippen LogP contribution in [-0.4, -0.2) is 41.6 Å². The van der Waals surface area contributed by atoms with Gasteiger partial charge in [-0.2, -0.15) is 0 Å². The molecule has 1 aliphatic rings. The maximum Gasteiger partial charge on any atom is 0.339 e. The summed E-state index contributed by atoms with van der Waals surface area (Å²) in [5.41, 5.74) is 0.814. The van der Waals surface area contributed by atoms with Gasteiger partial charge in [0.1, 0.15) is 11.3 Å². The molecule has 5 nitrogen and oxygen atoms in total. The zero-order valence-electron chi connectivity index (χ0n) is 10.3. The van der Waals surface area contributed by atoms with Crippen molar-refractivity contribution in [1.82, 2.24) is 4.90 Å². The lowest BCUT2D eigenvalue weighted by Gasteiger charge is -2.16. The molecule has 1 aliphatic heterocycles. The second-order valence-electron chi connectivity index (χ2n) is 4.41. The molecule has 1 heterocycles. The summed E-state index contributed by atoms with van der Waals surface area (Å²) in [4.78, 5) is 24.5. The van der Waals surface area contributed by atoms with Gasteiger partial charge in [0.2, 0.25) is 0 Å². The van der Waals surface area contributed by atoms with Crippen molar-refractivity contribution in [3.05, 3.63) is 29.3 Å². The summed E-state index contributed by atoms with van der Waals surface area (Å²) in [5, 5.41) is 9.11. The van der Waals surface area contributed by atoms with Crippen molar-refractivity contribution in [1.29, 1.82) is 0 Å². The summed E-state index contributed by atoms with van der Waals surface area (Å²) in [7, 11) is 1.71. The topological polar surface area (TPSA) is 66.8 Å². The molecule has 1 amide bonds. The normalized spacial score (nSPS) is 19.1. The lowest BCUT2D eigenvalue weighted by Crippen LogP contribution is -2.30. The third-order valence-electron chi connectivity index (χ3n) is 3.08. The third-order valence-corrected chi connectivity index (χ3v) is 3.08. The SMILES string of the molecule is Cc1cccc(C(=O)O)c1OC1CCN(C)C1=O. The first kappa shape index (κ1) is 12.4. The number of carboxylic acid groups (broad SMARTS) is 1. The van der Waals surface area contributed by atoms with Crippen molar-refractivity contribution in [3.63, 3.8) is 0 Å². The predicted octanol–water partition coefficient (Wildman–Crippen LogP) is 1.30. The Bertz CT molecular complexity index is 498. The summed E-state index contributed by atoms with van der Waals surface area (Å²) >= 11 is 0. The number of likely N-dealkylation sites (N-methyl/N-ethyl adjacent to an activating group) is 1. The van der Waals surface area contributed by atoms with Crippen LogP contribution in [0.3, 0.4) is 0 Å². The molecule has 0 aromatic heterocycles. The van der Waals surface area contributed by atoms with Gasteiger partial charge in [-0.3, -0.25) is 4.79 Å². The quantitative estimate of drug-likeness (QED) is 0.876. The number of rotatable bonds is 3. The van der Waals surface area contributed by atoms with E-state index in [4.69, 9.17) is 9.84 Å². The summed E-state index contributed by atoms with van der Waals surface area (Å²) in [6.07, 6.45) is 0.0112. The number of aryl methyl sites for hydroxylation is 1. The number of aromatic carboxylic acids is 1. The Balaban J connectivity index is 2.29. The second kappa shape index (κ2) is 4.68. The lowest BCUT2D eigenvalue weighted by molar-refractivity contribution is -0.132. The van der Waals surface area contributed by atoms with Crippen molar-refractivity contribution < 1.29 is 19.4 Å². The summed E-state index contributed by atoms with van der Waals surface area (Å²) in [6, 6.07) is 4.91. The number of nitrogens with zero attached hydrogens (tertiary/aromatic N) is 1. The Morgan fingerprint density at radius 1 is 1.50 bits per heavy atom. The molecule has 0 radical (unpaired) electrons. The van der Waals surface area contributed by atoms with Gasteiger partial charge in [-0.15, -0.1) is 0 Å². The van der Waals surface area contributed by atoms with Crippen LogP contribution in [0.25, 0.3) is 0 Å². The van der Waals surface area contributed by atoms with E-state index in [0.717, 1.165) is 5.56 Å². The fourth-order valence-electron chi connectivity index (χ4n) is 2.02. The fraction of sp³-hybridized carbons (Fsp3) is 0.385. The number of amides is 1. The number of carboxylic acids is 1. The van der Waals surface area contributed by atoms with Crippen LogP contribution in [0.5, 0.6) is 5.75 Å². The van der Waals surface area contributed by atoms with E-state index in [9.17, 15) is 9.59 Å². The van der Waals surface area contributed by atoms with Crippen LogP contribution in [0.4, 0.5) is 0 Å². The third kappa shape index (κ3) is 2.16. The van der Waals surface area contributed by atoms with Gasteiger partial charge in [-0.1, -0.05) is 12.1 Å². The number of carbonyl (C=O) groups excluding carboxylic acids is 1. The van der Waals surface area contributed by atoms with E-state index in [1.165, 1.54) is 6.07 Å². The Morgan fingerprint density at radius 3 is 2.78 bits per heavy atom. The minimum Gasteiger partial charge on any atom is -0.479 e. The highest BCUT2D eigenvalue weighted by atomic mass is 16.5. The predicted molar refractivity (Wildman–Crippen MR) is 64.8 cm³/mol. The van der Waals surface area contributed by atoms with E-state index in [2.05, 4.69) is 0 Å². The molecule has 0 spiro atoms. The Hall–Kier alpha value is -2.04. The molecule has 1 fully saturated rings. The molecule has 96 valence electrons. The van der Waals surface area contributed by atoms with Gasteiger partial charge in [0.25, 0.3) is 5.91 Å². The molecule has 2 rings (SSSR count). The standard InChI is InChI=1S/C13H15NO4/c1-8-4-3-5-9(13(16)17)11(8)18-10-6-7-14(2)12(10)15/h3-5,10H,6-7H2,1-2H3,(H,16,17). The van der Waals surface area contributed by atoms with Crippen LogP contribution in [0.2, 0.25) is 0 Å². The number of ether oxygens (including phenoxy) is 1. The number of likely N-dealkylation sites (tertiary alicyclic amines) is 1. The minimum absolute atomic E-state index is 0.0948. The van der Waals surface area contributed by atoms with E-state index in [1.54, 1.807) is 31.0 Å². The van der Waals surface area contributed by atoms with E-state index in [-0.39, 0.29) is 11.5 Å². The van der Waals surface area contributed by atoms with Crippen LogP contribution in [-0.2, 0) is 4.79 Å². The Kier molecular flexibility index (Phi) is 3.23. The number of para-hydroxylation sites is 1. The van der Waals surface area contributed by atoms with Gasteiger partial charge in [0, 0.05) is 20.0 Å². The zero-order chi connectivity index (χ0) is 13.3. The molecule has 0 bridgehead atoms. The average molecular weight is 249 g/mol. The van der Waals surface area contributed by atoms with Gasteiger partial charge in [0.05, 0.1) is 0 Å². The van der Waals surface area contributed by atoms with Crippen LogP contribution in [0.15, 0.2) is 18.2 Å². The monoisotopic (exact) mass is 249 g/mol. The maximum atomic E-state index is 11.8. The molecule has 0 aliphatic carbocycles. The van der Waals surface area contributed by atoms with Gasteiger partial charge >= 0.3 is 5.97 Å². The maximum absolute atomic E-state index is 11.8. The van der Waals surface area contributed by atoms with Crippen molar-refractivity contribution in [2.24, 2.45) is 0 Å². The zero-order valence-corrected chi connectivity index (χ0v) is 10.3. The smallest absolute Gasteiger partial charge is 0.339 e. The first-order valence-electron chi connectivity index (χ1n) is 5.75. The summed E-state index contributed by atoms with van der Waals surface area (Å²) < 4.78 is 5.61. The van der Waals surface area contributed by atoms with E-state index in [0.29, 0.717) is 18.7 Å². The molecule has 1 N–H and O–H groups in total. The average Bonchev–Trinajstić information content (AvgIpc) is 2.63.